The molecule has 0 saturated carbocycles. The Bertz CT molecular complexity index is 757. The Morgan fingerprint density at radius 1 is 1.26 bits per heavy atom. The fourth-order valence-corrected chi connectivity index (χ4v) is 1.84. The minimum atomic E-state index is -0.689. The van der Waals surface area contributed by atoms with Crippen molar-refractivity contribution >= 4 is 17.4 Å². The van der Waals surface area contributed by atoms with Crippen LogP contribution < -0.4 is 0 Å². The SMILES string of the molecule is Fc1ccc(-c2cnc3nc(CCl)cn3n2)c(F)c1. The first-order valence-corrected chi connectivity index (χ1v) is 5.93. The predicted molar refractivity (Wildman–Crippen MR) is 65.7 cm³/mol. The smallest absolute Gasteiger partial charge is 0.217 e. The minimum Gasteiger partial charge on any atom is -0.217 e. The van der Waals surface area contributed by atoms with E-state index < -0.39 is 11.6 Å². The molecule has 0 spiro atoms. The fraction of sp³-hybridized carbons (Fsp3) is 0.0833. The first-order chi connectivity index (χ1) is 9.17. The van der Waals surface area contributed by atoms with Gasteiger partial charge in [-0.1, -0.05) is 0 Å². The number of halogens is 3. The lowest BCUT2D eigenvalue weighted by molar-refractivity contribution is 0.585. The molecule has 0 aliphatic rings. The Balaban J connectivity index is 2.14. The van der Waals surface area contributed by atoms with Gasteiger partial charge < -0.3 is 0 Å². The molecule has 0 unspecified atom stereocenters. The number of imidazole rings is 1. The van der Waals surface area contributed by atoms with Crippen molar-refractivity contribution in [2.45, 2.75) is 5.88 Å². The van der Waals surface area contributed by atoms with Gasteiger partial charge in [0.15, 0.2) is 0 Å². The molecule has 0 radical (unpaired) electrons. The van der Waals surface area contributed by atoms with Gasteiger partial charge in [-0.2, -0.15) is 5.10 Å². The lowest BCUT2D eigenvalue weighted by Crippen LogP contribution is -1.97. The van der Waals surface area contributed by atoms with E-state index in [0.717, 1.165) is 6.07 Å². The summed E-state index contributed by atoms with van der Waals surface area (Å²) in [4.78, 5) is 8.17. The third-order valence-corrected chi connectivity index (χ3v) is 2.86. The average molecular weight is 281 g/mol. The second-order valence-corrected chi connectivity index (χ2v) is 4.15. The monoisotopic (exact) mass is 280 g/mol. The summed E-state index contributed by atoms with van der Waals surface area (Å²) in [5, 5.41) is 4.18. The van der Waals surface area contributed by atoms with E-state index in [1.165, 1.54) is 22.8 Å². The van der Waals surface area contributed by atoms with Crippen LogP contribution >= 0.6 is 11.6 Å². The van der Waals surface area contributed by atoms with Crippen molar-refractivity contribution in [3.63, 3.8) is 0 Å². The summed E-state index contributed by atoms with van der Waals surface area (Å²) in [6.45, 7) is 0. The lowest BCUT2D eigenvalue weighted by atomic mass is 10.1. The van der Waals surface area contributed by atoms with Gasteiger partial charge in [-0.05, 0) is 12.1 Å². The van der Waals surface area contributed by atoms with E-state index in [2.05, 4.69) is 15.1 Å². The molecule has 19 heavy (non-hydrogen) atoms. The summed E-state index contributed by atoms with van der Waals surface area (Å²) in [6.07, 6.45) is 3.00. The summed E-state index contributed by atoms with van der Waals surface area (Å²) in [6, 6.07) is 3.29. The molecule has 0 atom stereocenters. The molecule has 3 aromatic rings. The predicted octanol–water partition coefficient (Wildman–Crippen LogP) is 2.81. The van der Waals surface area contributed by atoms with E-state index in [1.807, 2.05) is 0 Å². The number of alkyl halides is 1. The summed E-state index contributed by atoms with van der Waals surface area (Å²) in [5.74, 6) is -0.707. The number of benzene rings is 1. The van der Waals surface area contributed by atoms with Crippen LogP contribution in [-0.2, 0) is 5.88 Å². The maximum atomic E-state index is 13.7. The van der Waals surface area contributed by atoms with E-state index in [1.54, 1.807) is 6.20 Å². The van der Waals surface area contributed by atoms with Crippen LogP contribution in [0.2, 0.25) is 0 Å². The van der Waals surface area contributed by atoms with Gasteiger partial charge in [0.25, 0.3) is 5.78 Å². The molecule has 96 valence electrons. The number of hydrogen-bond donors (Lipinski definition) is 0. The number of hydrogen-bond acceptors (Lipinski definition) is 3. The second kappa shape index (κ2) is 4.55. The third-order valence-electron chi connectivity index (χ3n) is 2.58. The standard InChI is InChI=1S/C12H7ClF2N4/c13-4-8-6-19-12(17-8)16-5-11(18-19)9-2-1-7(14)3-10(9)15/h1-3,5-6H,4H2. The minimum absolute atomic E-state index is 0.178. The van der Waals surface area contributed by atoms with E-state index in [9.17, 15) is 8.78 Å². The number of nitrogens with zero attached hydrogens (tertiary/aromatic N) is 4. The molecule has 0 N–H and O–H groups in total. The van der Waals surface area contributed by atoms with Crippen LogP contribution in [0.25, 0.3) is 17.0 Å². The second-order valence-electron chi connectivity index (χ2n) is 3.88. The zero-order chi connectivity index (χ0) is 13.4. The van der Waals surface area contributed by atoms with E-state index in [4.69, 9.17) is 11.6 Å². The fourth-order valence-electron chi connectivity index (χ4n) is 1.71. The van der Waals surface area contributed by atoms with Crippen molar-refractivity contribution in [2.75, 3.05) is 0 Å². The van der Waals surface area contributed by atoms with Gasteiger partial charge in [0.2, 0.25) is 0 Å². The van der Waals surface area contributed by atoms with Crippen molar-refractivity contribution in [3.05, 3.63) is 47.9 Å². The maximum absolute atomic E-state index is 13.7. The molecule has 0 aliphatic carbocycles. The largest absolute Gasteiger partial charge is 0.250 e. The van der Waals surface area contributed by atoms with Crippen molar-refractivity contribution in [3.8, 4) is 11.3 Å². The first-order valence-electron chi connectivity index (χ1n) is 5.40. The van der Waals surface area contributed by atoms with Gasteiger partial charge in [-0.25, -0.2) is 23.3 Å². The lowest BCUT2D eigenvalue weighted by Gasteiger charge is -2.02. The normalized spacial score (nSPS) is 11.1. The number of aromatic nitrogens is 4. The third kappa shape index (κ3) is 2.15. The molecule has 0 amide bonds. The molecule has 3 rings (SSSR count). The van der Waals surface area contributed by atoms with Gasteiger partial charge >= 0.3 is 0 Å². The van der Waals surface area contributed by atoms with Crippen molar-refractivity contribution < 1.29 is 8.78 Å². The molecule has 2 heterocycles. The summed E-state index contributed by atoms with van der Waals surface area (Å²) >= 11 is 5.66. The van der Waals surface area contributed by atoms with Gasteiger partial charge in [0.1, 0.15) is 17.3 Å². The van der Waals surface area contributed by atoms with E-state index >= 15 is 0 Å². The highest BCUT2D eigenvalue weighted by Gasteiger charge is 2.10. The Hall–Kier alpha value is -2.08. The molecule has 1 aromatic carbocycles. The molecule has 0 saturated heterocycles. The van der Waals surface area contributed by atoms with Gasteiger partial charge in [0.05, 0.1) is 24.0 Å². The number of rotatable bonds is 2. The Morgan fingerprint density at radius 3 is 2.84 bits per heavy atom. The van der Waals surface area contributed by atoms with Crippen LogP contribution in [-0.4, -0.2) is 19.6 Å². The Kier molecular flexibility index (Phi) is 2.87. The average Bonchev–Trinajstić information content (AvgIpc) is 2.80. The van der Waals surface area contributed by atoms with Crippen LogP contribution in [0.5, 0.6) is 0 Å². The highest BCUT2D eigenvalue weighted by atomic mass is 35.5. The molecule has 7 heteroatoms. The van der Waals surface area contributed by atoms with Crippen molar-refractivity contribution in [1.29, 1.82) is 0 Å². The van der Waals surface area contributed by atoms with Crippen LogP contribution in [0, 0.1) is 11.6 Å². The summed E-state index contributed by atoms with van der Waals surface area (Å²) in [5.41, 5.74) is 1.10. The highest BCUT2D eigenvalue weighted by Crippen LogP contribution is 2.20. The van der Waals surface area contributed by atoms with E-state index in [-0.39, 0.29) is 11.4 Å². The Morgan fingerprint density at radius 2 is 2.11 bits per heavy atom. The first kappa shape index (κ1) is 12.0. The van der Waals surface area contributed by atoms with Crippen LogP contribution in [0.15, 0.2) is 30.6 Å². The van der Waals surface area contributed by atoms with Gasteiger partial charge in [0, 0.05) is 11.6 Å². The van der Waals surface area contributed by atoms with Crippen LogP contribution in [0.4, 0.5) is 8.78 Å². The highest BCUT2D eigenvalue weighted by molar-refractivity contribution is 6.16. The summed E-state index contributed by atoms with van der Waals surface area (Å²) < 4.78 is 27.9. The molecule has 0 bridgehead atoms. The van der Waals surface area contributed by atoms with Crippen molar-refractivity contribution in [2.24, 2.45) is 0 Å². The van der Waals surface area contributed by atoms with Gasteiger partial charge in [-0.3, -0.25) is 0 Å². The molecule has 2 aromatic heterocycles. The van der Waals surface area contributed by atoms with Gasteiger partial charge in [-0.15, -0.1) is 11.6 Å². The quantitative estimate of drug-likeness (QED) is 0.678. The zero-order valence-corrected chi connectivity index (χ0v) is 10.3. The Labute approximate surface area is 111 Å². The molecular weight excluding hydrogens is 274 g/mol. The van der Waals surface area contributed by atoms with E-state index in [0.29, 0.717) is 17.2 Å². The number of fused-ring (bicyclic) bond motifs is 1. The van der Waals surface area contributed by atoms with Crippen LogP contribution in [0.3, 0.4) is 0 Å². The van der Waals surface area contributed by atoms with Crippen molar-refractivity contribution in [1.82, 2.24) is 19.6 Å². The zero-order valence-electron chi connectivity index (χ0n) is 9.52. The molecule has 0 aliphatic heterocycles. The molecular formula is C12H7ClF2N4. The molecule has 4 nitrogen and oxygen atoms in total. The summed E-state index contributed by atoms with van der Waals surface area (Å²) in [7, 11) is 0. The topological polar surface area (TPSA) is 43.1 Å². The maximum Gasteiger partial charge on any atom is 0.250 e. The van der Waals surface area contributed by atoms with Crippen LogP contribution in [0.1, 0.15) is 5.69 Å². The molecule has 0 fully saturated rings.